The average Bonchev–Trinajstić information content (AvgIpc) is 2.91. The smallest absolute Gasteiger partial charge is 0.262 e. The maximum atomic E-state index is 12.7. The zero-order valence-electron chi connectivity index (χ0n) is 14.0. The number of thiophene rings is 1. The van der Waals surface area contributed by atoms with E-state index in [0.717, 1.165) is 29.7 Å². The first kappa shape index (κ1) is 17.8. The number of sulfonamides is 1. The maximum Gasteiger partial charge on any atom is 0.262 e. The Kier molecular flexibility index (Phi) is 4.75. The molecule has 1 heterocycles. The number of primary amides is 1. The molecule has 25 heavy (non-hydrogen) atoms. The lowest BCUT2D eigenvalue weighted by atomic mass is 9.88. The highest BCUT2D eigenvalue weighted by molar-refractivity contribution is 7.93. The molecule has 3 N–H and O–H groups in total. The summed E-state index contributed by atoms with van der Waals surface area (Å²) in [6.07, 6.45) is 2.55. The molecule has 1 atom stereocenters. The van der Waals surface area contributed by atoms with Gasteiger partial charge in [0.1, 0.15) is 10.8 Å². The summed E-state index contributed by atoms with van der Waals surface area (Å²) in [6, 6.07) is 6.07. The fraction of sp³-hybridized carbons (Fsp3) is 0.353. The summed E-state index contributed by atoms with van der Waals surface area (Å²) in [5.74, 6) is 0.481. The zero-order valence-corrected chi connectivity index (χ0v) is 15.7. The van der Waals surface area contributed by atoms with E-state index in [1.165, 1.54) is 30.6 Å². The van der Waals surface area contributed by atoms with Crippen LogP contribution in [-0.2, 0) is 22.9 Å². The van der Waals surface area contributed by atoms with Crippen LogP contribution in [0.5, 0.6) is 5.75 Å². The summed E-state index contributed by atoms with van der Waals surface area (Å²) in [7, 11) is -2.30. The number of amides is 1. The molecule has 0 saturated heterocycles. The third kappa shape index (κ3) is 3.50. The van der Waals surface area contributed by atoms with Crippen LogP contribution < -0.4 is 15.2 Å². The van der Waals surface area contributed by atoms with Gasteiger partial charge in [0.25, 0.3) is 15.9 Å². The molecule has 3 rings (SSSR count). The van der Waals surface area contributed by atoms with Crippen molar-refractivity contribution in [3.63, 3.8) is 0 Å². The summed E-state index contributed by atoms with van der Waals surface area (Å²) < 4.78 is 32.9. The summed E-state index contributed by atoms with van der Waals surface area (Å²) >= 11 is 1.31. The molecule has 134 valence electrons. The van der Waals surface area contributed by atoms with Crippen LogP contribution in [0.15, 0.2) is 29.2 Å². The number of hydrogen-bond donors (Lipinski definition) is 2. The molecule has 1 aliphatic rings. The van der Waals surface area contributed by atoms with Gasteiger partial charge >= 0.3 is 0 Å². The molecule has 1 aliphatic carbocycles. The molecule has 1 aromatic carbocycles. The Morgan fingerprint density at radius 3 is 2.60 bits per heavy atom. The number of rotatable bonds is 5. The second kappa shape index (κ2) is 6.68. The number of nitrogens with one attached hydrogen (secondary N) is 1. The van der Waals surface area contributed by atoms with E-state index >= 15 is 0 Å². The maximum absolute atomic E-state index is 12.7. The largest absolute Gasteiger partial charge is 0.497 e. The van der Waals surface area contributed by atoms with Gasteiger partial charge in [-0.1, -0.05) is 6.92 Å². The molecule has 0 aliphatic heterocycles. The minimum absolute atomic E-state index is 0.100. The van der Waals surface area contributed by atoms with Crippen LogP contribution in [0.3, 0.4) is 0 Å². The van der Waals surface area contributed by atoms with Crippen molar-refractivity contribution in [3.8, 4) is 5.75 Å². The molecule has 1 amide bonds. The Hall–Kier alpha value is -2.06. The van der Waals surface area contributed by atoms with Crippen LogP contribution in [0.25, 0.3) is 0 Å². The van der Waals surface area contributed by atoms with E-state index < -0.39 is 15.9 Å². The Morgan fingerprint density at radius 2 is 2.00 bits per heavy atom. The van der Waals surface area contributed by atoms with Gasteiger partial charge in [-0.25, -0.2) is 8.42 Å². The number of anilines is 1. The molecule has 0 spiro atoms. The number of methoxy groups -OCH3 is 1. The van der Waals surface area contributed by atoms with Crippen LogP contribution >= 0.6 is 11.3 Å². The normalized spacial score (nSPS) is 17.0. The Morgan fingerprint density at radius 1 is 1.32 bits per heavy atom. The fourth-order valence-electron chi connectivity index (χ4n) is 3.02. The zero-order chi connectivity index (χ0) is 18.2. The fourth-order valence-corrected chi connectivity index (χ4v) is 5.74. The highest BCUT2D eigenvalue weighted by Gasteiger charge is 2.28. The number of ether oxygens (including phenoxy) is 1. The molecular weight excluding hydrogens is 360 g/mol. The standard InChI is InChI=1S/C17H20N2O4S2/c1-10-3-8-13-14(9-10)24-17(15(13)16(18)20)19-25(21,22)12-6-4-11(23-2)5-7-12/h4-7,10,19H,3,8-9H2,1-2H3,(H2,18,20)/t10-/m1/s1. The van der Waals surface area contributed by atoms with Gasteiger partial charge in [-0.05, 0) is 55.0 Å². The Bertz CT molecular complexity index is 901. The van der Waals surface area contributed by atoms with Gasteiger partial charge in [-0.2, -0.15) is 0 Å². The molecule has 2 aromatic rings. The van der Waals surface area contributed by atoms with Crippen LogP contribution in [-0.4, -0.2) is 21.4 Å². The van der Waals surface area contributed by atoms with E-state index in [0.29, 0.717) is 22.2 Å². The second-order valence-corrected chi connectivity index (χ2v) is 8.99. The van der Waals surface area contributed by atoms with Crippen molar-refractivity contribution in [1.29, 1.82) is 0 Å². The van der Waals surface area contributed by atoms with E-state index in [9.17, 15) is 13.2 Å². The van der Waals surface area contributed by atoms with Gasteiger partial charge in [0.2, 0.25) is 0 Å². The van der Waals surface area contributed by atoms with Crippen molar-refractivity contribution in [3.05, 3.63) is 40.3 Å². The van der Waals surface area contributed by atoms with Crippen molar-refractivity contribution < 1.29 is 17.9 Å². The van der Waals surface area contributed by atoms with E-state index in [4.69, 9.17) is 10.5 Å². The van der Waals surface area contributed by atoms with Crippen molar-refractivity contribution >= 4 is 32.3 Å². The quantitative estimate of drug-likeness (QED) is 0.833. The molecule has 0 radical (unpaired) electrons. The van der Waals surface area contributed by atoms with Gasteiger partial charge in [0.15, 0.2) is 0 Å². The van der Waals surface area contributed by atoms with Crippen LogP contribution in [0, 0.1) is 5.92 Å². The predicted octanol–water partition coefficient (Wildman–Crippen LogP) is 2.78. The first-order valence-corrected chi connectivity index (χ1v) is 10.2. The highest BCUT2D eigenvalue weighted by atomic mass is 32.2. The molecule has 0 saturated carbocycles. The first-order chi connectivity index (χ1) is 11.8. The number of benzene rings is 1. The van der Waals surface area contributed by atoms with Crippen molar-refractivity contribution in [1.82, 2.24) is 0 Å². The Balaban J connectivity index is 1.97. The highest BCUT2D eigenvalue weighted by Crippen LogP contribution is 2.40. The van der Waals surface area contributed by atoms with Crippen molar-refractivity contribution in [2.45, 2.75) is 31.1 Å². The van der Waals surface area contributed by atoms with E-state index in [1.54, 1.807) is 12.1 Å². The minimum atomic E-state index is -3.81. The molecule has 1 aromatic heterocycles. The molecule has 6 nitrogen and oxygen atoms in total. The van der Waals surface area contributed by atoms with E-state index in [-0.39, 0.29) is 4.90 Å². The van der Waals surface area contributed by atoms with Gasteiger partial charge in [0.05, 0.1) is 17.6 Å². The lowest BCUT2D eigenvalue weighted by molar-refractivity contribution is 0.100. The molecule has 0 unspecified atom stereocenters. The van der Waals surface area contributed by atoms with Gasteiger partial charge in [0, 0.05) is 4.88 Å². The molecular formula is C17H20N2O4S2. The molecule has 0 bridgehead atoms. The molecule has 8 heteroatoms. The van der Waals surface area contributed by atoms with Gasteiger partial charge < -0.3 is 10.5 Å². The predicted molar refractivity (Wildman–Crippen MR) is 97.8 cm³/mol. The van der Waals surface area contributed by atoms with Crippen molar-refractivity contribution in [2.24, 2.45) is 11.7 Å². The van der Waals surface area contributed by atoms with Crippen LogP contribution in [0.4, 0.5) is 5.00 Å². The third-order valence-electron chi connectivity index (χ3n) is 4.35. The Labute approximate surface area is 151 Å². The molecule has 0 fully saturated rings. The third-order valence-corrected chi connectivity index (χ3v) is 7.02. The van der Waals surface area contributed by atoms with Crippen LogP contribution in [0.2, 0.25) is 0 Å². The topological polar surface area (TPSA) is 98.5 Å². The number of carbonyl (C=O) groups is 1. The first-order valence-electron chi connectivity index (χ1n) is 7.93. The van der Waals surface area contributed by atoms with E-state index in [1.807, 2.05) is 0 Å². The summed E-state index contributed by atoms with van der Waals surface area (Å²) in [4.78, 5) is 13.1. The number of nitrogens with two attached hydrogens (primary N) is 1. The van der Waals surface area contributed by atoms with E-state index in [2.05, 4.69) is 11.6 Å². The summed E-state index contributed by atoms with van der Waals surface area (Å²) in [5, 5.41) is 0.308. The lowest BCUT2D eigenvalue weighted by Crippen LogP contribution is -2.19. The van der Waals surface area contributed by atoms with Gasteiger partial charge in [-0.15, -0.1) is 11.3 Å². The SMILES string of the molecule is COc1ccc(S(=O)(=O)Nc2sc3c(c2C(N)=O)CC[C@@H](C)C3)cc1. The number of carbonyl (C=O) groups excluding carboxylic acids is 1. The monoisotopic (exact) mass is 380 g/mol. The number of hydrogen-bond acceptors (Lipinski definition) is 5. The average molecular weight is 380 g/mol. The minimum Gasteiger partial charge on any atom is -0.497 e. The summed E-state index contributed by atoms with van der Waals surface area (Å²) in [6.45, 7) is 2.15. The number of fused-ring (bicyclic) bond motifs is 1. The second-order valence-electron chi connectivity index (χ2n) is 6.20. The summed E-state index contributed by atoms with van der Waals surface area (Å²) in [5.41, 5.74) is 6.73. The van der Waals surface area contributed by atoms with Crippen molar-refractivity contribution in [2.75, 3.05) is 11.8 Å². The van der Waals surface area contributed by atoms with Crippen LogP contribution in [0.1, 0.15) is 34.1 Å². The van der Waals surface area contributed by atoms with Gasteiger partial charge in [-0.3, -0.25) is 9.52 Å². The lowest BCUT2D eigenvalue weighted by Gasteiger charge is -2.18.